The quantitative estimate of drug-likeness (QED) is 0.133. The van der Waals surface area contributed by atoms with Gasteiger partial charge in [0, 0.05) is 34.1 Å². The molecule has 11 aromatic carbocycles. The van der Waals surface area contributed by atoms with Crippen LogP contribution in [0, 0.1) is 0 Å². The highest BCUT2D eigenvalue weighted by Gasteiger charge is 2.24. The minimum Gasteiger partial charge on any atom is -0.310 e. The van der Waals surface area contributed by atoms with E-state index in [1.165, 1.54) is 82.0 Å². The first-order valence-corrected chi connectivity index (χ1v) is 25.3. The molecular formula is C69H62N2. The molecule has 0 aromatic heterocycles. The Balaban J connectivity index is 1.23. The lowest BCUT2D eigenvalue weighted by Crippen LogP contribution is -2.13. The van der Waals surface area contributed by atoms with Crippen molar-refractivity contribution in [3.8, 4) is 22.3 Å². The molecule has 0 atom stereocenters. The summed E-state index contributed by atoms with van der Waals surface area (Å²) in [5.74, 6) is 0.435. The Morgan fingerprint density at radius 1 is 0.296 bits per heavy atom. The molecule has 11 aromatic rings. The van der Waals surface area contributed by atoms with Crippen LogP contribution in [-0.2, 0) is 10.8 Å². The molecule has 0 N–H and O–H groups in total. The topological polar surface area (TPSA) is 6.48 Å². The van der Waals surface area contributed by atoms with Crippen molar-refractivity contribution in [2.45, 2.75) is 72.1 Å². The average Bonchev–Trinajstić information content (AvgIpc) is 3.38. The van der Waals surface area contributed by atoms with Gasteiger partial charge in [-0.3, -0.25) is 0 Å². The maximum absolute atomic E-state index is 2.46. The summed E-state index contributed by atoms with van der Waals surface area (Å²) in [6, 6.07) is 84.1. The molecule has 0 aliphatic heterocycles. The zero-order chi connectivity index (χ0) is 49.0. The van der Waals surface area contributed by atoms with E-state index < -0.39 is 0 Å². The van der Waals surface area contributed by atoms with Crippen LogP contribution in [0.4, 0.5) is 34.1 Å². The highest BCUT2D eigenvalue weighted by Crippen LogP contribution is 2.49. The number of fused-ring (bicyclic) bond motifs is 4. The summed E-state index contributed by atoms with van der Waals surface area (Å²) in [6.45, 7) is 18.2. The second-order valence-electron chi connectivity index (χ2n) is 21.7. The van der Waals surface area contributed by atoms with Crippen molar-refractivity contribution in [3.05, 3.63) is 241 Å². The third kappa shape index (κ3) is 8.74. The summed E-state index contributed by atoms with van der Waals surface area (Å²) in [6.07, 6.45) is 0. The van der Waals surface area contributed by atoms with Crippen molar-refractivity contribution in [2.24, 2.45) is 0 Å². The molecule has 2 heteroatoms. The van der Waals surface area contributed by atoms with Gasteiger partial charge in [0.1, 0.15) is 0 Å². The number of anilines is 6. The molecule has 0 radical (unpaired) electrons. The fraction of sp³-hybridized carbons (Fsp3) is 0.159. The van der Waals surface area contributed by atoms with Crippen LogP contribution >= 0.6 is 0 Å². The van der Waals surface area contributed by atoms with Crippen LogP contribution in [0.2, 0.25) is 0 Å². The van der Waals surface area contributed by atoms with E-state index in [-0.39, 0.29) is 10.8 Å². The Morgan fingerprint density at radius 3 is 1.04 bits per heavy atom. The summed E-state index contributed by atoms with van der Waals surface area (Å²) in [7, 11) is 0. The van der Waals surface area contributed by atoms with E-state index in [2.05, 4.69) is 290 Å². The molecule has 0 saturated carbocycles. The Labute approximate surface area is 420 Å². The Morgan fingerprint density at radius 2 is 0.648 bits per heavy atom. The lowest BCUT2D eigenvalue weighted by molar-refractivity contribution is 0.590. The SMILES string of the molecule is CC(C)c1ccc(N(c2ccc(C(C)(C)C)cc2)c2ccc3c(-c4ccc5ccccc5c4)c4cc(N(c5ccccc5)c5ccc(C(C)(C)C)cc5)ccc4c(-c4ccc5ccccc5c4)c3c2)cc1. The number of para-hydroxylation sites is 1. The molecule has 0 unspecified atom stereocenters. The van der Waals surface area contributed by atoms with Crippen molar-refractivity contribution >= 4 is 77.2 Å². The van der Waals surface area contributed by atoms with Crippen LogP contribution in [-0.4, -0.2) is 0 Å². The lowest BCUT2D eigenvalue weighted by atomic mass is 9.84. The molecule has 11 rings (SSSR count). The fourth-order valence-electron chi connectivity index (χ4n) is 10.5. The summed E-state index contributed by atoms with van der Waals surface area (Å²) in [4.78, 5) is 4.85. The van der Waals surface area contributed by atoms with E-state index >= 15 is 0 Å². The third-order valence-electron chi connectivity index (χ3n) is 14.5. The summed E-state index contributed by atoms with van der Waals surface area (Å²) in [5, 5.41) is 9.71. The van der Waals surface area contributed by atoms with Crippen molar-refractivity contribution in [2.75, 3.05) is 9.80 Å². The number of nitrogens with zero attached hydrogens (tertiary/aromatic N) is 2. The van der Waals surface area contributed by atoms with Gasteiger partial charge in [-0.15, -0.1) is 0 Å². The smallest absolute Gasteiger partial charge is 0.0468 e. The first-order valence-electron chi connectivity index (χ1n) is 25.3. The van der Waals surface area contributed by atoms with E-state index in [9.17, 15) is 0 Å². The van der Waals surface area contributed by atoms with E-state index in [4.69, 9.17) is 0 Å². The second-order valence-corrected chi connectivity index (χ2v) is 21.7. The molecule has 0 saturated heterocycles. The van der Waals surface area contributed by atoms with Gasteiger partial charge in [-0.05, 0) is 184 Å². The van der Waals surface area contributed by atoms with Crippen LogP contribution in [0.5, 0.6) is 0 Å². The van der Waals surface area contributed by atoms with Crippen LogP contribution in [0.3, 0.4) is 0 Å². The normalized spacial score (nSPS) is 12.1. The van der Waals surface area contributed by atoms with Crippen molar-refractivity contribution < 1.29 is 0 Å². The van der Waals surface area contributed by atoms with Gasteiger partial charge in [0.05, 0.1) is 0 Å². The van der Waals surface area contributed by atoms with Crippen molar-refractivity contribution in [1.29, 1.82) is 0 Å². The predicted molar refractivity (Wildman–Crippen MR) is 308 cm³/mol. The predicted octanol–water partition coefficient (Wildman–Crippen LogP) is 20.3. The number of rotatable bonds is 9. The molecule has 0 bridgehead atoms. The highest BCUT2D eigenvalue weighted by molar-refractivity contribution is 6.23. The Hall–Kier alpha value is -7.94. The standard InChI is InChI=1S/C69H62N2/c1-46(2)47-26-32-57(33-27-47)71(59-36-30-55(31-37-59)69(6,7)8)61-39-41-63-65(45-61)67(53-25-23-49-17-13-15-19-51(49)43-53)62-40-38-60(44-64(62)66(63)52-24-22-48-16-12-14-18-50(48)42-52)70(56-20-10-9-11-21-56)58-34-28-54(29-35-58)68(3,4)5/h9-46H,1-8H3. The van der Waals surface area contributed by atoms with E-state index in [1.54, 1.807) is 0 Å². The first-order chi connectivity index (χ1) is 34.3. The molecule has 0 spiro atoms. The monoisotopic (exact) mass is 918 g/mol. The summed E-state index contributed by atoms with van der Waals surface area (Å²) >= 11 is 0. The van der Waals surface area contributed by atoms with Gasteiger partial charge in [0.25, 0.3) is 0 Å². The molecule has 0 amide bonds. The molecule has 2 nitrogen and oxygen atoms in total. The molecule has 0 aliphatic carbocycles. The average molecular weight is 919 g/mol. The maximum atomic E-state index is 2.46. The van der Waals surface area contributed by atoms with Crippen molar-refractivity contribution in [3.63, 3.8) is 0 Å². The second kappa shape index (κ2) is 18.1. The van der Waals surface area contributed by atoms with Gasteiger partial charge in [-0.25, -0.2) is 0 Å². The van der Waals surface area contributed by atoms with Crippen LogP contribution in [0.15, 0.2) is 224 Å². The van der Waals surface area contributed by atoms with Gasteiger partial charge in [-0.2, -0.15) is 0 Å². The first kappa shape index (κ1) is 45.5. The lowest BCUT2D eigenvalue weighted by Gasteiger charge is -2.29. The zero-order valence-corrected chi connectivity index (χ0v) is 42.3. The van der Waals surface area contributed by atoms with Crippen molar-refractivity contribution in [1.82, 2.24) is 0 Å². The van der Waals surface area contributed by atoms with Crippen LogP contribution < -0.4 is 9.80 Å². The Kier molecular flexibility index (Phi) is 11.6. The van der Waals surface area contributed by atoms with Gasteiger partial charge in [0.2, 0.25) is 0 Å². The minimum atomic E-state index is 0.0368. The van der Waals surface area contributed by atoms with Gasteiger partial charge >= 0.3 is 0 Å². The summed E-state index contributed by atoms with van der Waals surface area (Å²) < 4.78 is 0. The maximum Gasteiger partial charge on any atom is 0.0468 e. The Bertz CT molecular complexity index is 3720. The number of benzene rings is 11. The van der Waals surface area contributed by atoms with E-state index in [1.807, 2.05) is 0 Å². The largest absolute Gasteiger partial charge is 0.310 e. The summed E-state index contributed by atoms with van der Waals surface area (Å²) in [5.41, 5.74) is 15.5. The van der Waals surface area contributed by atoms with Gasteiger partial charge in [-0.1, -0.05) is 195 Å². The van der Waals surface area contributed by atoms with Crippen LogP contribution in [0.25, 0.3) is 65.3 Å². The van der Waals surface area contributed by atoms with E-state index in [0.717, 1.165) is 34.1 Å². The van der Waals surface area contributed by atoms with E-state index in [0.29, 0.717) is 5.92 Å². The van der Waals surface area contributed by atoms with Gasteiger partial charge < -0.3 is 9.80 Å². The number of hydrogen-bond donors (Lipinski definition) is 0. The number of hydrogen-bond acceptors (Lipinski definition) is 2. The molecule has 71 heavy (non-hydrogen) atoms. The molecule has 0 fully saturated rings. The van der Waals surface area contributed by atoms with Gasteiger partial charge in [0.15, 0.2) is 0 Å². The van der Waals surface area contributed by atoms with Crippen LogP contribution in [0.1, 0.15) is 78.0 Å². The minimum absolute atomic E-state index is 0.0368. The molecule has 0 aliphatic rings. The molecule has 348 valence electrons. The molecular weight excluding hydrogens is 857 g/mol. The molecule has 0 heterocycles. The zero-order valence-electron chi connectivity index (χ0n) is 42.3. The fourth-order valence-corrected chi connectivity index (χ4v) is 10.5. The highest BCUT2D eigenvalue weighted by atomic mass is 15.1. The third-order valence-corrected chi connectivity index (χ3v) is 14.5.